The third-order valence-corrected chi connectivity index (χ3v) is 9.64. The van der Waals surface area contributed by atoms with Crippen LogP contribution in [0.5, 0.6) is 0 Å². The van der Waals surface area contributed by atoms with Crippen LogP contribution in [-0.2, 0) is 0 Å². The van der Waals surface area contributed by atoms with Crippen molar-refractivity contribution in [2.45, 2.75) is 0 Å². The Kier molecular flexibility index (Phi) is 6.18. The van der Waals surface area contributed by atoms with Crippen molar-refractivity contribution in [1.29, 1.82) is 0 Å². The first-order valence-corrected chi connectivity index (χ1v) is 16.6. The molecule has 0 saturated carbocycles. The fourth-order valence-corrected chi connectivity index (χ4v) is 7.34. The minimum atomic E-state index is 0.870. The maximum Gasteiger partial charge on any atom is 0.143 e. The molecular weight excluding hydrogens is 599 g/mol. The number of hydrogen-bond donors (Lipinski definition) is 0. The fourth-order valence-electron chi connectivity index (χ4n) is 7.34. The Morgan fingerprint density at radius 1 is 0.306 bits per heavy atom. The van der Waals surface area contributed by atoms with Gasteiger partial charge in [0, 0.05) is 50.1 Å². The standard InChI is InChI=1S/C46H29NO2/c1-3-12-30(13-4-1)41-29-42-39-24-22-32(27-44(39)49-46(42)40-20-8-7-18-36(40)41)31-14-11-17-34(26-31)47(33-15-5-2-6-16-33)35-23-25-38-37-19-9-10-21-43(37)48-45(38)28-35/h1-29H. The van der Waals surface area contributed by atoms with Crippen LogP contribution in [0.3, 0.4) is 0 Å². The molecule has 10 rings (SSSR count). The van der Waals surface area contributed by atoms with Gasteiger partial charge in [-0.05, 0) is 88.3 Å². The molecule has 10 aromatic rings. The Balaban J connectivity index is 1.10. The van der Waals surface area contributed by atoms with Gasteiger partial charge in [-0.3, -0.25) is 0 Å². The van der Waals surface area contributed by atoms with Crippen LogP contribution in [0.2, 0.25) is 0 Å². The maximum atomic E-state index is 6.68. The van der Waals surface area contributed by atoms with Crippen LogP contribution in [0.1, 0.15) is 0 Å². The van der Waals surface area contributed by atoms with Gasteiger partial charge in [-0.2, -0.15) is 0 Å². The predicted octanol–water partition coefficient (Wildman–Crippen LogP) is 13.4. The molecular formula is C46H29NO2. The summed E-state index contributed by atoms with van der Waals surface area (Å²) in [6.45, 7) is 0. The lowest BCUT2D eigenvalue weighted by Gasteiger charge is -2.26. The highest BCUT2D eigenvalue weighted by atomic mass is 16.3. The Morgan fingerprint density at radius 2 is 0.898 bits per heavy atom. The molecule has 0 aliphatic carbocycles. The van der Waals surface area contributed by atoms with E-state index >= 15 is 0 Å². The van der Waals surface area contributed by atoms with Crippen LogP contribution in [0.4, 0.5) is 17.1 Å². The van der Waals surface area contributed by atoms with Crippen LogP contribution in [-0.4, -0.2) is 0 Å². The number of para-hydroxylation sites is 2. The summed E-state index contributed by atoms with van der Waals surface area (Å²) >= 11 is 0. The smallest absolute Gasteiger partial charge is 0.143 e. The fraction of sp³-hybridized carbons (Fsp3) is 0. The first-order chi connectivity index (χ1) is 24.3. The lowest BCUT2D eigenvalue weighted by Crippen LogP contribution is -2.09. The zero-order valence-corrected chi connectivity index (χ0v) is 26.5. The molecule has 0 aliphatic heterocycles. The van der Waals surface area contributed by atoms with Crippen molar-refractivity contribution >= 4 is 71.7 Å². The van der Waals surface area contributed by atoms with Gasteiger partial charge in [0.25, 0.3) is 0 Å². The Hall–Kier alpha value is -6.58. The molecule has 2 heterocycles. The van der Waals surface area contributed by atoms with Crippen molar-refractivity contribution in [3.05, 3.63) is 176 Å². The number of nitrogens with zero attached hydrogens (tertiary/aromatic N) is 1. The number of rotatable bonds is 5. The van der Waals surface area contributed by atoms with E-state index in [0.29, 0.717) is 0 Å². The maximum absolute atomic E-state index is 6.68. The van der Waals surface area contributed by atoms with Crippen molar-refractivity contribution in [1.82, 2.24) is 0 Å². The SMILES string of the molecule is c1ccc(-c2cc3c4ccc(-c5cccc(N(c6ccccc6)c6ccc7c(c6)oc6ccccc67)c5)cc4oc3c3ccccc23)cc1. The van der Waals surface area contributed by atoms with Crippen molar-refractivity contribution in [2.24, 2.45) is 0 Å². The summed E-state index contributed by atoms with van der Waals surface area (Å²) in [6, 6.07) is 61.9. The van der Waals surface area contributed by atoms with Crippen LogP contribution in [0, 0.1) is 0 Å². The van der Waals surface area contributed by atoms with Crippen LogP contribution >= 0.6 is 0 Å². The summed E-state index contributed by atoms with van der Waals surface area (Å²) in [6.07, 6.45) is 0. The van der Waals surface area contributed by atoms with Gasteiger partial charge in [0.15, 0.2) is 0 Å². The highest BCUT2D eigenvalue weighted by molar-refractivity contribution is 6.19. The third-order valence-electron chi connectivity index (χ3n) is 9.64. The second kappa shape index (κ2) is 11.0. The molecule has 0 fully saturated rings. The molecule has 0 atom stereocenters. The largest absolute Gasteiger partial charge is 0.456 e. The monoisotopic (exact) mass is 627 g/mol. The van der Waals surface area contributed by atoms with Gasteiger partial charge in [-0.15, -0.1) is 0 Å². The quantitative estimate of drug-likeness (QED) is 0.190. The van der Waals surface area contributed by atoms with Gasteiger partial charge in [0.1, 0.15) is 22.3 Å². The van der Waals surface area contributed by atoms with Crippen molar-refractivity contribution < 1.29 is 8.83 Å². The molecule has 0 amide bonds. The molecule has 230 valence electrons. The van der Waals surface area contributed by atoms with Gasteiger partial charge >= 0.3 is 0 Å². The van der Waals surface area contributed by atoms with E-state index in [9.17, 15) is 0 Å². The molecule has 0 unspecified atom stereocenters. The molecule has 0 spiro atoms. The first kappa shape index (κ1) is 27.5. The summed E-state index contributed by atoms with van der Waals surface area (Å²) in [5, 5.41) is 6.80. The lowest BCUT2D eigenvalue weighted by molar-refractivity contribution is 0.669. The van der Waals surface area contributed by atoms with E-state index in [-0.39, 0.29) is 0 Å². The molecule has 2 aromatic heterocycles. The van der Waals surface area contributed by atoms with Crippen LogP contribution in [0.15, 0.2) is 185 Å². The molecule has 0 aliphatic rings. The average Bonchev–Trinajstić information content (AvgIpc) is 3.73. The second-order valence-corrected chi connectivity index (χ2v) is 12.5. The van der Waals surface area contributed by atoms with Gasteiger partial charge in [-0.25, -0.2) is 0 Å². The van der Waals surface area contributed by atoms with Gasteiger partial charge in [-0.1, -0.05) is 109 Å². The summed E-state index contributed by atoms with van der Waals surface area (Å²) in [4.78, 5) is 2.28. The summed E-state index contributed by atoms with van der Waals surface area (Å²) in [7, 11) is 0. The van der Waals surface area contributed by atoms with E-state index < -0.39 is 0 Å². The summed E-state index contributed by atoms with van der Waals surface area (Å²) in [5.74, 6) is 0. The topological polar surface area (TPSA) is 29.5 Å². The Morgan fingerprint density at radius 3 is 1.76 bits per heavy atom. The van der Waals surface area contributed by atoms with E-state index in [2.05, 4.69) is 169 Å². The second-order valence-electron chi connectivity index (χ2n) is 12.5. The molecule has 3 nitrogen and oxygen atoms in total. The lowest BCUT2D eigenvalue weighted by atomic mass is 9.95. The van der Waals surface area contributed by atoms with Gasteiger partial charge < -0.3 is 13.7 Å². The van der Waals surface area contributed by atoms with Crippen LogP contribution in [0.25, 0.3) is 76.9 Å². The van der Waals surface area contributed by atoms with Gasteiger partial charge in [0.2, 0.25) is 0 Å². The molecule has 3 heteroatoms. The minimum absolute atomic E-state index is 0.870. The van der Waals surface area contributed by atoms with Crippen molar-refractivity contribution in [2.75, 3.05) is 4.90 Å². The molecule has 0 bridgehead atoms. The average molecular weight is 628 g/mol. The van der Waals surface area contributed by atoms with Crippen molar-refractivity contribution in [3.63, 3.8) is 0 Å². The number of benzene rings is 8. The zero-order chi connectivity index (χ0) is 32.3. The number of furan rings is 2. The minimum Gasteiger partial charge on any atom is -0.456 e. The number of fused-ring (bicyclic) bond motifs is 8. The number of anilines is 3. The van der Waals surface area contributed by atoms with E-state index in [0.717, 1.165) is 77.5 Å². The van der Waals surface area contributed by atoms with Crippen molar-refractivity contribution in [3.8, 4) is 22.3 Å². The normalized spacial score (nSPS) is 11.7. The zero-order valence-electron chi connectivity index (χ0n) is 26.5. The molecule has 0 radical (unpaired) electrons. The molecule has 49 heavy (non-hydrogen) atoms. The van der Waals surface area contributed by atoms with E-state index in [1.807, 2.05) is 12.1 Å². The van der Waals surface area contributed by atoms with E-state index in [1.165, 1.54) is 16.5 Å². The first-order valence-electron chi connectivity index (χ1n) is 16.6. The van der Waals surface area contributed by atoms with Gasteiger partial charge in [0.05, 0.1) is 0 Å². The van der Waals surface area contributed by atoms with Crippen LogP contribution < -0.4 is 4.90 Å². The van der Waals surface area contributed by atoms with E-state index in [4.69, 9.17) is 8.83 Å². The highest BCUT2D eigenvalue weighted by Crippen LogP contribution is 2.42. The molecule has 0 N–H and O–H groups in total. The number of hydrogen-bond acceptors (Lipinski definition) is 3. The summed E-state index contributed by atoms with van der Waals surface area (Å²) < 4.78 is 13.0. The Bertz CT molecular complexity index is 2830. The predicted molar refractivity (Wildman–Crippen MR) is 204 cm³/mol. The molecule has 8 aromatic carbocycles. The summed E-state index contributed by atoms with van der Waals surface area (Å²) in [5.41, 5.74) is 11.4. The highest BCUT2D eigenvalue weighted by Gasteiger charge is 2.18. The Labute approximate surface area is 282 Å². The van der Waals surface area contributed by atoms with E-state index in [1.54, 1.807) is 0 Å². The third kappa shape index (κ3) is 4.51. The molecule has 0 saturated heterocycles.